The molecule has 0 aromatic heterocycles. The van der Waals surface area contributed by atoms with Crippen molar-refractivity contribution < 1.29 is 14.7 Å². The van der Waals surface area contributed by atoms with Gasteiger partial charge in [0.15, 0.2) is 0 Å². The van der Waals surface area contributed by atoms with Gasteiger partial charge in [-0.15, -0.1) is 11.8 Å². The molecule has 0 radical (unpaired) electrons. The summed E-state index contributed by atoms with van der Waals surface area (Å²) < 4.78 is 0. The Morgan fingerprint density at radius 3 is 2.47 bits per heavy atom. The molecule has 2 amide bonds. The normalized spacial score (nSPS) is 22.9. The molecule has 1 fully saturated rings. The van der Waals surface area contributed by atoms with Crippen molar-refractivity contribution in [3.05, 3.63) is 0 Å². The molecule has 0 bridgehead atoms. The van der Waals surface area contributed by atoms with E-state index in [1.54, 1.807) is 21.6 Å². The molecule has 1 aliphatic heterocycles. The molecule has 1 rings (SSSR count). The van der Waals surface area contributed by atoms with Gasteiger partial charge in [0.25, 0.3) is 0 Å². The fraction of sp³-hybridized carbons (Fsp3) is 0.846. The van der Waals surface area contributed by atoms with Crippen LogP contribution in [0, 0.1) is 0 Å². The van der Waals surface area contributed by atoms with Crippen LogP contribution in [0.5, 0.6) is 0 Å². The zero-order valence-electron chi connectivity index (χ0n) is 12.1. The van der Waals surface area contributed by atoms with E-state index in [2.05, 4.69) is 6.92 Å². The minimum atomic E-state index is -0.903. The van der Waals surface area contributed by atoms with Crippen molar-refractivity contribution in [1.29, 1.82) is 0 Å². The number of carbonyl (C=O) groups is 2. The van der Waals surface area contributed by atoms with Crippen LogP contribution in [0.2, 0.25) is 0 Å². The van der Waals surface area contributed by atoms with Crippen molar-refractivity contribution in [2.24, 2.45) is 0 Å². The van der Waals surface area contributed by atoms with E-state index < -0.39 is 12.0 Å². The lowest BCUT2D eigenvalue weighted by molar-refractivity contribution is -0.141. The number of urea groups is 1. The number of hydrogen-bond donors (Lipinski definition) is 1. The van der Waals surface area contributed by atoms with Crippen molar-refractivity contribution in [3.8, 4) is 0 Å². The number of rotatable bonds is 5. The summed E-state index contributed by atoms with van der Waals surface area (Å²) in [5.74, 6) is -0.416. The highest BCUT2D eigenvalue weighted by atomic mass is 32.2. The number of nitrogens with zero attached hydrogens (tertiary/aromatic N) is 2. The van der Waals surface area contributed by atoms with Crippen molar-refractivity contribution in [2.45, 2.75) is 58.0 Å². The van der Waals surface area contributed by atoms with E-state index in [0.29, 0.717) is 12.3 Å². The molecule has 0 aromatic carbocycles. The van der Waals surface area contributed by atoms with Crippen molar-refractivity contribution >= 4 is 23.8 Å². The summed E-state index contributed by atoms with van der Waals surface area (Å²) in [6.45, 7) is 8.48. The van der Waals surface area contributed by atoms with Crippen LogP contribution in [0.1, 0.15) is 40.5 Å². The van der Waals surface area contributed by atoms with Gasteiger partial charge in [0.1, 0.15) is 6.04 Å². The summed E-state index contributed by atoms with van der Waals surface area (Å²) in [6.07, 6.45) is 1.79. The number of carbonyl (C=O) groups excluding carboxylic acids is 1. The van der Waals surface area contributed by atoms with Crippen LogP contribution in [-0.2, 0) is 4.79 Å². The van der Waals surface area contributed by atoms with Gasteiger partial charge in [-0.3, -0.25) is 4.90 Å². The van der Waals surface area contributed by atoms with Crippen LogP contribution in [0.25, 0.3) is 0 Å². The molecule has 110 valence electrons. The Balaban J connectivity index is 2.94. The van der Waals surface area contributed by atoms with E-state index in [1.807, 2.05) is 20.8 Å². The SMILES string of the molecule is CCCC1SCC(C(=O)O)N1C(=O)N(CC)C(C)C. The third-order valence-corrected chi connectivity index (χ3v) is 4.70. The number of carboxylic acid groups (broad SMARTS) is 1. The molecule has 5 nitrogen and oxygen atoms in total. The Morgan fingerprint density at radius 1 is 1.42 bits per heavy atom. The average Bonchev–Trinajstić information content (AvgIpc) is 2.73. The van der Waals surface area contributed by atoms with Crippen LogP contribution in [0.15, 0.2) is 0 Å². The number of hydrogen-bond acceptors (Lipinski definition) is 3. The maximum atomic E-state index is 12.6. The average molecular weight is 288 g/mol. The first-order chi connectivity index (χ1) is 8.93. The maximum Gasteiger partial charge on any atom is 0.327 e. The standard InChI is InChI=1S/C13H24N2O3S/c1-5-7-11-15(10(8-19-11)12(16)17)13(18)14(6-2)9(3)4/h9-11H,5-8H2,1-4H3,(H,16,17). The fourth-order valence-electron chi connectivity index (χ4n) is 2.35. The number of thioether (sulfide) groups is 1. The Kier molecular flexibility index (Phi) is 5.97. The first-order valence-electron chi connectivity index (χ1n) is 6.87. The molecule has 0 saturated carbocycles. The van der Waals surface area contributed by atoms with Crippen LogP contribution >= 0.6 is 11.8 Å². The Labute approximate surface area is 119 Å². The Hall–Kier alpha value is -0.910. The van der Waals surface area contributed by atoms with Gasteiger partial charge in [-0.25, -0.2) is 9.59 Å². The molecule has 1 aliphatic rings. The van der Waals surface area contributed by atoms with E-state index in [-0.39, 0.29) is 17.4 Å². The van der Waals surface area contributed by atoms with Crippen LogP contribution in [-0.4, -0.2) is 56.7 Å². The molecule has 1 N–H and O–H groups in total. The third-order valence-electron chi connectivity index (χ3n) is 3.34. The van der Waals surface area contributed by atoms with E-state index in [0.717, 1.165) is 12.8 Å². The Morgan fingerprint density at radius 2 is 2.05 bits per heavy atom. The lowest BCUT2D eigenvalue weighted by Gasteiger charge is -2.35. The molecule has 0 aromatic rings. The monoisotopic (exact) mass is 288 g/mol. The molecule has 2 atom stereocenters. The highest BCUT2D eigenvalue weighted by Crippen LogP contribution is 2.33. The predicted molar refractivity (Wildman–Crippen MR) is 77.3 cm³/mol. The molecule has 6 heteroatoms. The van der Waals surface area contributed by atoms with E-state index in [1.165, 1.54) is 0 Å². The summed E-state index contributed by atoms with van der Waals surface area (Å²) in [5, 5.41) is 9.28. The summed E-state index contributed by atoms with van der Waals surface area (Å²) >= 11 is 1.58. The van der Waals surface area contributed by atoms with Gasteiger partial charge < -0.3 is 10.0 Å². The van der Waals surface area contributed by atoms with E-state index >= 15 is 0 Å². The number of aliphatic carboxylic acids is 1. The quantitative estimate of drug-likeness (QED) is 0.844. The lowest BCUT2D eigenvalue weighted by atomic mass is 10.2. The predicted octanol–water partition coefficient (Wildman–Crippen LogP) is 2.46. The van der Waals surface area contributed by atoms with E-state index in [4.69, 9.17) is 0 Å². The zero-order chi connectivity index (χ0) is 14.6. The van der Waals surface area contributed by atoms with Gasteiger partial charge in [0.2, 0.25) is 0 Å². The molecular weight excluding hydrogens is 264 g/mol. The maximum absolute atomic E-state index is 12.6. The summed E-state index contributed by atoms with van der Waals surface area (Å²) in [6, 6.07) is -0.755. The second-order valence-electron chi connectivity index (χ2n) is 5.00. The van der Waals surface area contributed by atoms with Crippen molar-refractivity contribution in [3.63, 3.8) is 0 Å². The number of carboxylic acids is 1. The second-order valence-corrected chi connectivity index (χ2v) is 6.21. The number of amides is 2. The smallest absolute Gasteiger partial charge is 0.327 e. The van der Waals surface area contributed by atoms with Crippen LogP contribution in [0.4, 0.5) is 4.79 Å². The molecule has 0 aliphatic carbocycles. The zero-order valence-corrected chi connectivity index (χ0v) is 12.9. The lowest BCUT2D eigenvalue weighted by Crippen LogP contribution is -2.53. The molecular formula is C13H24N2O3S. The molecule has 19 heavy (non-hydrogen) atoms. The third kappa shape index (κ3) is 3.55. The van der Waals surface area contributed by atoms with E-state index in [9.17, 15) is 14.7 Å². The second kappa shape index (κ2) is 7.03. The molecule has 1 saturated heterocycles. The first-order valence-corrected chi connectivity index (χ1v) is 7.92. The van der Waals surface area contributed by atoms with Crippen molar-refractivity contribution in [1.82, 2.24) is 9.80 Å². The van der Waals surface area contributed by atoms with Crippen LogP contribution in [0.3, 0.4) is 0 Å². The summed E-state index contributed by atoms with van der Waals surface area (Å²) in [5.41, 5.74) is 0. The first kappa shape index (κ1) is 16.1. The minimum Gasteiger partial charge on any atom is -0.480 e. The Bertz CT molecular complexity index is 336. The fourth-order valence-corrected chi connectivity index (χ4v) is 3.86. The largest absolute Gasteiger partial charge is 0.480 e. The van der Waals surface area contributed by atoms with Crippen molar-refractivity contribution in [2.75, 3.05) is 12.3 Å². The van der Waals surface area contributed by atoms with Gasteiger partial charge in [0.05, 0.1) is 5.37 Å². The van der Waals surface area contributed by atoms with Gasteiger partial charge in [-0.1, -0.05) is 13.3 Å². The van der Waals surface area contributed by atoms with Gasteiger partial charge in [-0.2, -0.15) is 0 Å². The van der Waals surface area contributed by atoms with Gasteiger partial charge in [-0.05, 0) is 27.2 Å². The topological polar surface area (TPSA) is 60.9 Å². The van der Waals surface area contributed by atoms with Gasteiger partial charge >= 0.3 is 12.0 Å². The molecule has 1 heterocycles. The minimum absolute atomic E-state index is 0.00796. The highest BCUT2D eigenvalue weighted by molar-refractivity contribution is 8.00. The summed E-state index contributed by atoms with van der Waals surface area (Å²) in [7, 11) is 0. The summed E-state index contributed by atoms with van der Waals surface area (Å²) in [4.78, 5) is 27.2. The highest BCUT2D eigenvalue weighted by Gasteiger charge is 2.42. The molecule has 2 unspecified atom stereocenters. The molecule has 0 spiro atoms. The van der Waals surface area contributed by atoms with Gasteiger partial charge in [0, 0.05) is 18.3 Å². The van der Waals surface area contributed by atoms with Crippen LogP contribution < -0.4 is 0 Å².